The molecule has 28 heavy (non-hydrogen) atoms. The lowest BCUT2D eigenvalue weighted by atomic mass is 10.1. The summed E-state index contributed by atoms with van der Waals surface area (Å²) in [5.74, 6) is -0.0236. The van der Waals surface area contributed by atoms with Crippen molar-refractivity contribution < 1.29 is 23.8 Å². The lowest BCUT2D eigenvalue weighted by Gasteiger charge is -2.35. The lowest BCUT2D eigenvalue weighted by Crippen LogP contribution is -2.51. The van der Waals surface area contributed by atoms with Gasteiger partial charge in [0.05, 0.1) is 18.9 Å². The molecule has 0 spiro atoms. The Morgan fingerprint density at radius 1 is 1.07 bits per heavy atom. The number of allylic oxidation sites excluding steroid dienone is 1. The lowest BCUT2D eigenvalue weighted by molar-refractivity contribution is -0.150. The van der Waals surface area contributed by atoms with Crippen molar-refractivity contribution in [2.75, 3.05) is 26.3 Å². The minimum atomic E-state index is -0.892. The van der Waals surface area contributed by atoms with Crippen LogP contribution in [0.3, 0.4) is 0 Å². The second-order valence-corrected chi connectivity index (χ2v) is 6.49. The first-order valence-corrected chi connectivity index (χ1v) is 9.12. The molecule has 0 saturated carbocycles. The molecule has 1 atom stereocenters. The first kappa shape index (κ1) is 18.3. The van der Waals surface area contributed by atoms with Crippen molar-refractivity contribution in [3.8, 4) is 5.75 Å². The largest absolute Gasteiger partial charge is 0.487 e. The summed E-state index contributed by atoms with van der Waals surface area (Å²) in [5.41, 5.74) is 1.55. The van der Waals surface area contributed by atoms with E-state index in [1.54, 1.807) is 30.5 Å². The Hall–Kier alpha value is -3.03. The molecule has 0 aliphatic carbocycles. The quantitative estimate of drug-likeness (QED) is 0.732. The summed E-state index contributed by atoms with van der Waals surface area (Å²) in [6, 6.07) is 12.9. The number of pyridine rings is 1. The number of hydrogen-bond acceptors (Lipinski definition) is 7. The molecule has 2 aliphatic heterocycles. The molecule has 144 valence electrons. The summed E-state index contributed by atoms with van der Waals surface area (Å²) < 4.78 is 16.9. The van der Waals surface area contributed by atoms with Crippen molar-refractivity contribution in [3.05, 3.63) is 66.0 Å². The van der Waals surface area contributed by atoms with Crippen molar-refractivity contribution >= 4 is 17.3 Å². The highest BCUT2D eigenvalue weighted by Gasteiger charge is 2.37. The maximum Gasteiger partial charge on any atom is 0.258 e. The molecule has 1 saturated heterocycles. The van der Waals surface area contributed by atoms with Gasteiger partial charge in [-0.25, -0.2) is 0 Å². The Labute approximate surface area is 162 Å². The number of ether oxygens (including phenoxy) is 3. The van der Waals surface area contributed by atoms with Crippen LogP contribution in [0.1, 0.15) is 11.3 Å². The molecule has 1 aromatic heterocycles. The number of nitrogens with zero attached hydrogens (tertiary/aromatic N) is 2. The van der Waals surface area contributed by atoms with E-state index in [1.165, 1.54) is 6.08 Å². The predicted molar refractivity (Wildman–Crippen MR) is 100 cm³/mol. The molecule has 0 radical (unpaired) electrons. The molecule has 1 fully saturated rings. The van der Waals surface area contributed by atoms with Crippen LogP contribution in [0.5, 0.6) is 5.75 Å². The average molecular weight is 380 g/mol. The van der Waals surface area contributed by atoms with E-state index in [1.807, 2.05) is 23.1 Å². The molecule has 2 aromatic rings. The van der Waals surface area contributed by atoms with E-state index >= 15 is 0 Å². The van der Waals surface area contributed by atoms with Gasteiger partial charge in [0.2, 0.25) is 12.0 Å². The van der Waals surface area contributed by atoms with Crippen LogP contribution in [0.2, 0.25) is 0 Å². The zero-order valence-electron chi connectivity index (χ0n) is 15.2. The van der Waals surface area contributed by atoms with Crippen LogP contribution in [0, 0.1) is 0 Å². The number of hydrogen-bond donors (Lipinski definition) is 0. The maximum atomic E-state index is 12.2. The molecule has 1 aromatic carbocycles. The standard InChI is InChI=1S/C21H20N2O5/c24-18-13-19(28-21(20(18)25)23-9-11-26-12-10-23)15-4-6-17(7-5-15)27-14-16-3-1-2-8-22-16/h1-8,13,21H,9-12,14H2. The van der Waals surface area contributed by atoms with Crippen LogP contribution in [0.4, 0.5) is 0 Å². The first-order chi connectivity index (χ1) is 13.7. The molecule has 3 heterocycles. The smallest absolute Gasteiger partial charge is 0.258 e. The van der Waals surface area contributed by atoms with E-state index in [-0.39, 0.29) is 0 Å². The van der Waals surface area contributed by atoms with E-state index in [0.29, 0.717) is 50.0 Å². The third-order valence-electron chi connectivity index (χ3n) is 4.60. The Balaban J connectivity index is 1.44. The molecule has 7 nitrogen and oxygen atoms in total. The molecule has 2 aliphatic rings. The van der Waals surface area contributed by atoms with Crippen LogP contribution in [-0.4, -0.2) is 54.0 Å². The van der Waals surface area contributed by atoms with Crippen LogP contribution in [0.25, 0.3) is 5.76 Å². The first-order valence-electron chi connectivity index (χ1n) is 9.12. The van der Waals surface area contributed by atoms with Gasteiger partial charge in [0.1, 0.15) is 18.1 Å². The van der Waals surface area contributed by atoms with Crippen LogP contribution >= 0.6 is 0 Å². The molecule has 4 rings (SSSR count). The summed E-state index contributed by atoms with van der Waals surface area (Å²) in [6.45, 7) is 2.51. The Morgan fingerprint density at radius 2 is 1.86 bits per heavy atom. The van der Waals surface area contributed by atoms with E-state index in [2.05, 4.69) is 4.98 Å². The molecular formula is C21H20N2O5. The topological polar surface area (TPSA) is 78.0 Å². The molecule has 0 bridgehead atoms. The number of Topliss-reactive ketones (excluding diaryl/α,β-unsaturated/α-hetero) is 1. The van der Waals surface area contributed by atoms with E-state index in [0.717, 1.165) is 5.69 Å². The van der Waals surface area contributed by atoms with Gasteiger partial charge in [-0.05, 0) is 36.4 Å². The third kappa shape index (κ3) is 4.11. The zero-order chi connectivity index (χ0) is 19.3. The summed E-state index contributed by atoms with van der Waals surface area (Å²) in [6.07, 6.45) is 2.08. The molecule has 7 heteroatoms. The number of morpholine rings is 1. The Kier molecular flexibility index (Phi) is 5.45. The van der Waals surface area contributed by atoms with Crippen molar-refractivity contribution in [2.45, 2.75) is 12.8 Å². The van der Waals surface area contributed by atoms with Crippen LogP contribution in [0.15, 0.2) is 54.7 Å². The van der Waals surface area contributed by atoms with Crippen molar-refractivity contribution in [1.29, 1.82) is 0 Å². The van der Waals surface area contributed by atoms with E-state index in [4.69, 9.17) is 14.2 Å². The third-order valence-corrected chi connectivity index (χ3v) is 4.60. The van der Waals surface area contributed by atoms with Gasteiger partial charge in [-0.15, -0.1) is 0 Å². The highest BCUT2D eigenvalue weighted by atomic mass is 16.5. The highest BCUT2D eigenvalue weighted by Crippen LogP contribution is 2.26. The molecule has 0 amide bonds. The summed E-state index contributed by atoms with van der Waals surface area (Å²) in [5, 5.41) is 0. The van der Waals surface area contributed by atoms with Gasteiger partial charge in [0, 0.05) is 30.9 Å². The normalized spacial score (nSPS) is 20.4. The molecule has 1 unspecified atom stereocenters. The minimum absolute atomic E-state index is 0.367. The van der Waals surface area contributed by atoms with E-state index in [9.17, 15) is 9.59 Å². The summed E-state index contributed by atoms with van der Waals surface area (Å²) in [4.78, 5) is 30.5. The summed E-state index contributed by atoms with van der Waals surface area (Å²) >= 11 is 0. The van der Waals surface area contributed by atoms with Crippen LogP contribution in [-0.2, 0) is 25.7 Å². The average Bonchev–Trinajstić information content (AvgIpc) is 2.76. The number of carbonyl (C=O) groups excluding carboxylic acids is 2. The number of rotatable bonds is 5. The van der Waals surface area contributed by atoms with Gasteiger partial charge in [-0.3, -0.25) is 19.5 Å². The van der Waals surface area contributed by atoms with Gasteiger partial charge in [0.15, 0.2) is 0 Å². The number of aromatic nitrogens is 1. The predicted octanol–water partition coefficient (Wildman–Crippen LogP) is 1.83. The number of carbonyl (C=O) groups is 2. The number of ketones is 2. The molecular weight excluding hydrogens is 360 g/mol. The van der Waals surface area contributed by atoms with Crippen molar-refractivity contribution in [1.82, 2.24) is 9.88 Å². The minimum Gasteiger partial charge on any atom is -0.487 e. The van der Waals surface area contributed by atoms with Crippen molar-refractivity contribution in [2.24, 2.45) is 0 Å². The fourth-order valence-corrected chi connectivity index (χ4v) is 3.08. The Morgan fingerprint density at radius 3 is 2.57 bits per heavy atom. The van der Waals surface area contributed by atoms with Gasteiger partial charge in [0.25, 0.3) is 5.78 Å². The number of benzene rings is 1. The Bertz CT molecular complexity index is 873. The van der Waals surface area contributed by atoms with E-state index < -0.39 is 17.8 Å². The fraction of sp³-hybridized carbons (Fsp3) is 0.286. The second kappa shape index (κ2) is 8.33. The van der Waals surface area contributed by atoms with Gasteiger partial charge in [-0.2, -0.15) is 0 Å². The van der Waals surface area contributed by atoms with Gasteiger partial charge < -0.3 is 14.2 Å². The van der Waals surface area contributed by atoms with Gasteiger partial charge in [-0.1, -0.05) is 6.07 Å². The summed E-state index contributed by atoms with van der Waals surface area (Å²) in [7, 11) is 0. The van der Waals surface area contributed by atoms with Crippen LogP contribution < -0.4 is 4.74 Å². The highest BCUT2D eigenvalue weighted by molar-refractivity contribution is 6.44. The SMILES string of the molecule is O=C1C=C(c2ccc(OCc3ccccn3)cc2)OC(N2CCOCC2)C1=O. The maximum absolute atomic E-state index is 12.2. The molecule has 0 N–H and O–H groups in total. The van der Waals surface area contributed by atoms with Crippen molar-refractivity contribution in [3.63, 3.8) is 0 Å². The van der Waals surface area contributed by atoms with Gasteiger partial charge >= 0.3 is 0 Å². The zero-order valence-corrected chi connectivity index (χ0v) is 15.2. The monoisotopic (exact) mass is 380 g/mol. The fourth-order valence-electron chi connectivity index (χ4n) is 3.08. The second-order valence-electron chi connectivity index (χ2n) is 6.49.